The summed E-state index contributed by atoms with van der Waals surface area (Å²) in [5.74, 6) is 0.358. The van der Waals surface area contributed by atoms with E-state index in [0.717, 1.165) is 0 Å². The number of carbonyl (C=O) groups excluding carboxylic acids is 2. The number of ether oxygens (including phenoxy) is 6. The minimum atomic E-state index is -0.594. The Kier molecular flexibility index (Phi) is 7.81. The van der Waals surface area contributed by atoms with Crippen molar-refractivity contribution in [3.8, 4) is 34.5 Å². The molecule has 13 heteroatoms. The van der Waals surface area contributed by atoms with E-state index in [-0.39, 0.29) is 45.8 Å². The van der Waals surface area contributed by atoms with Crippen molar-refractivity contribution in [1.29, 1.82) is 0 Å². The summed E-state index contributed by atoms with van der Waals surface area (Å²) < 4.78 is 36.3. The highest BCUT2D eigenvalue weighted by molar-refractivity contribution is 6.09. The monoisotopic (exact) mass is 488 g/mol. The fourth-order valence-electron chi connectivity index (χ4n) is 3.14. The third-order valence-electron chi connectivity index (χ3n) is 4.81. The van der Waals surface area contributed by atoms with E-state index in [1.807, 2.05) is 0 Å². The summed E-state index contributed by atoms with van der Waals surface area (Å²) in [6.07, 6.45) is 0. The van der Waals surface area contributed by atoms with Gasteiger partial charge in [0.25, 0.3) is 11.8 Å². The number of rotatable bonds is 10. The van der Waals surface area contributed by atoms with Crippen molar-refractivity contribution in [2.24, 2.45) is 0 Å². The molecule has 0 fully saturated rings. The second-order valence-corrected chi connectivity index (χ2v) is 6.70. The molecule has 3 aromatic rings. The molecule has 2 amide bonds. The predicted molar refractivity (Wildman–Crippen MR) is 122 cm³/mol. The van der Waals surface area contributed by atoms with Gasteiger partial charge < -0.3 is 39.1 Å². The Bertz CT molecular complexity index is 1080. The van der Waals surface area contributed by atoms with Crippen molar-refractivity contribution >= 4 is 23.5 Å². The van der Waals surface area contributed by atoms with Crippen LogP contribution in [0.15, 0.2) is 28.9 Å². The maximum absolute atomic E-state index is 12.9. The Morgan fingerprint density at radius 1 is 0.600 bits per heavy atom. The number of nitrogens with zero attached hydrogens (tertiary/aromatic N) is 2. The second kappa shape index (κ2) is 11.0. The van der Waals surface area contributed by atoms with Gasteiger partial charge in [-0.05, 0) is 34.6 Å². The number of anilines is 2. The maximum Gasteiger partial charge on any atom is 0.257 e. The molecule has 0 spiro atoms. The van der Waals surface area contributed by atoms with Crippen LogP contribution >= 0.6 is 0 Å². The third kappa shape index (κ3) is 5.13. The quantitative estimate of drug-likeness (QED) is 0.433. The molecule has 0 atom stereocenters. The highest BCUT2D eigenvalue weighted by Gasteiger charge is 2.22. The number of hydrogen-bond acceptors (Lipinski definition) is 11. The van der Waals surface area contributed by atoms with Crippen molar-refractivity contribution in [2.45, 2.75) is 0 Å². The van der Waals surface area contributed by atoms with Crippen LogP contribution in [0.3, 0.4) is 0 Å². The fraction of sp³-hybridized carbons (Fsp3) is 0.273. The lowest BCUT2D eigenvalue weighted by Gasteiger charge is -2.14. The van der Waals surface area contributed by atoms with Gasteiger partial charge >= 0.3 is 0 Å². The third-order valence-corrected chi connectivity index (χ3v) is 4.81. The molecule has 0 saturated heterocycles. The molecule has 186 valence electrons. The van der Waals surface area contributed by atoms with Gasteiger partial charge in [0.15, 0.2) is 23.0 Å². The topological polar surface area (TPSA) is 152 Å². The van der Waals surface area contributed by atoms with Gasteiger partial charge in [0.2, 0.25) is 23.1 Å². The van der Waals surface area contributed by atoms with E-state index in [1.165, 1.54) is 66.9 Å². The zero-order valence-corrected chi connectivity index (χ0v) is 19.9. The van der Waals surface area contributed by atoms with Crippen LogP contribution in [0.5, 0.6) is 34.5 Å². The summed E-state index contributed by atoms with van der Waals surface area (Å²) >= 11 is 0. The molecule has 0 aliphatic carbocycles. The maximum atomic E-state index is 12.9. The van der Waals surface area contributed by atoms with Crippen molar-refractivity contribution < 1.29 is 42.6 Å². The average Bonchev–Trinajstić information content (AvgIpc) is 3.32. The van der Waals surface area contributed by atoms with E-state index in [2.05, 4.69) is 20.9 Å². The van der Waals surface area contributed by atoms with Crippen LogP contribution < -0.4 is 39.1 Å². The van der Waals surface area contributed by atoms with Crippen LogP contribution in [-0.4, -0.2) is 64.8 Å². The van der Waals surface area contributed by atoms with Crippen molar-refractivity contribution in [2.75, 3.05) is 53.3 Å². The number of aromatic nitrogens is 2. The lowest BCUT2D eigenvalue weighted by atomic mass is 10.1. The molecule has 1 heterocycles. The normalized spacial score (nSPS) is 10.2. The molecular weight excluding hydrogens is 464 g/mol. The van der Waals surface area contributed by atoms with Gasteiger partial charge in [-0.3, -0.25) is 9.59 Å². The molecule has 35 heavy (non-hydrogen) atoms. The van der Waals surface area contributed by atoms with Crippen LogP contribution in [0.25, 0.3) is 0 Å². The number of carbonyl (C=O) groups is 2. The number of benzene rings is 2. The first-order valence-corrected chi connectivity index (χ1v) is 9.95. The van der Waals surface area contributed by atoms with Crippen LogP contribution in [0.4, 0.5) is 11.6 Å². The van der Waals surface area contributed by atoms with E-state index in [1.54, 1.807) is 0 Å². The predicted octanol–water partition coefficient (Wildman–Crippen LogP) is 2.63. The van der Waals surface area contributed by atoms with Gasteiger partial charge in [-0.2, -0.15) is 0 Å². The Labute approximate surface area is 200 Å². The number of amides is 2. The zero-order chi connectivity index (χ0) is 25.5. The number of methoxy groups -OCH3 is 6. The van der Waals surface area contributed by atoms with E-state index in [4.69, 9.17) is 33.1 Å². The lowest BCUT2D eigenvalue weighted by molar-refractivity contribution is 0.101. The van der Waals surface area contributed by atoms with Gasteiger partial charge in [-0.25, -0.2) is 4.63 Å². The molecule has 3 rings (SSSR count). The summed E-state index contributed by atoms with van der Waals surface area (Å²) in [6.45, 7) is 0. The standard InChI is InChI=1S/C22H24N4O9/c1-29-13-7-11(8-14(30-2)17(13)33-5)21(27)23-19-20(26-35-25-19)24-22(28)12-9-15(31-3)18(34-6)16(10-12)32-4/h7-10H,1-6H3,(H,23,25,27)(H,24,26,28). The molecule has 0 bridgehead atoms. The van der Waals surface area contributed by atoms with E-state index >= 15 is 0 Å². The largest absolute Gasteiger partial charge is 0.493 e. The Hall–Kier alpha value is -4.68. The molecule has 2 aromatic carbocycles. The Morgan fingerprint density at radius 3 is 1.17 bits per heavy atom. The fourth-order valence-corrected chi connectivity index (χ4v) is 3.14. The summed E-state index contributed by atoms with van der Waals surface area (Å²) in [6, 6.07) is 5.83. The summed E-state index contributed by atoms with van der Waals surface area (Å²) in [7, 11) is 8.61. The highest BCUT2D eigenvalue weighted by Crippen LogP contribution is 2.39. The molecule has 0 saturated carbocycles. The smallest absolute Gasteiger partial charge is 0.257 e. The minimum absolute atomic E-state index is 0.121. The van der Waals surface area contributed by atoms with Crippen LogP contribution in [0, 0.1) is 0 Å². The summed E-state index contributed by atoms with van der Waals surface area (Å²) in [5.41, 5.74) is 0.341. The van der Waals surface area contributed by atoms with Gasteiger partial charge in [-0.15, -0.1) is 0 Å². The van der Waals surface area contributed by atoms with Crippen LogP contribution in [-0.2, 0) is 0 Å². The van der Waals surface area contributed by atoms with Crippen LogP contribution in [0.1, 0.15) is 20.7 Å². The molecule has 1 aromatic heterocycles. The summed E-state index contributed by atoms with van der Waals surface area (Å²) in [4.78, 5) is 25.7. The lowest BCUT2D eigenvalue weighted by Crippen LogP contribution is -2.17. The molecular formula is C22H24N4O9. The van der Waals surface area contributed by atoms with Gasteiger partial charge in [0.05, 0.1) is 42.7 Å². The highest BCUT2D eigenvalue weighted by atomic mass is 16.6. The van der Waals surface area contributed by atoms with Crippen molar-refractivity contribution in [3.63, 3.8) is 0 Å². The Balaban J connectivity index is 1.84. The van der Waals surface area contributed by atoms with Crippen LogP contribution in [0.2, 0.25) is 0 Å². The molecule has 0 radical (unpaired) electrons. The first-order chi connectivity index (χ1) is 16.9. The molecule has 13 nitrogen and oxygen atoms in total. The van der Waals surface area contributed by atoms with Gasteiger partial charge in [-0.1, -0.05) is 0 Å². The average molecular weight is 488 g/mol. The molecule has 0 aliphatic heterocycles. The van der Waals surface area contributed by atoms with E-state index in [0.29, 0.717) is 11.5 Å². The van der Waals surface area contributed by atoms with Crippen molar-refractivity contribution in [3.05, 3.63) is 35.4 Å². The molecule has 2 N–H and O–H groups in total. The summed E-state index contributed by atoms with van der Waals surface area (Å²) in [5, 5.41) is 12.4. The van der Waals surface area contributed by atoms with E-state index < -0.39 is 11.8 Å². The van der Waals surface area contributed by atoms with Gasteiger partial charge in [0.1, 0.15) is 0 Å². The molecule has 0 unspecified atom stereocenters. The zero-order valence-electron chi connectivity index (χ0n) is 19.9. The first-order valence-electron chi connectivity index (χ1n) is 9.95. The van der Waals surface area contributed by atoms with E-state index in [9.17, 15) is 9.59 Å². The minimum Gasteiger partial charge on any atom is -0.493 e. The second-order valence-electron chi connectivity index (χ2n) is 6.70. The van der Waals surface area contributed by atoms with Crippen molar-refractivity contribution in [1.82, 2.24) is 10.3 Å². The number of nitrogens with one attached hydrogen (secondary N) is 2. The molecule has 0 aliphatic rings. The first kappa shape index (κ1) is 25.0. The number of hydrogen-bond donors (Lipinski definition) is 2. The SMILES string of the molecule is COc1cc(C(=O)Nc2nonc2NC(=O)c2cc(OC)c(OC)c(OC)c2)cc(OC)c1OC. The van der Waals surface area contributed by atoms with Gasteiger partial charge in [0, 0.05) is 11.1 Å². The Morgan fingerprint density at radius 2 is 0.914 bits per heavy atom.